The zero-order valence-corrected chi connectivity index (χ0v) is 23.3. The lowest BCUT2D eigenvalue weighted by Crippen LogP contribution is -2.29. The molecule has 1 aliphatic carbocycles. The summed E-state index contributed by atoms with van der Waals surface area (Å²) in [5.41, 5.74) is 10.4. The van der Waals surface area contributed by atoms with E-state index in [0.29, 0.717) is 10.8 Å². The van der Waals surface area contributed by atoms with E-state index >= 15 is 0 Å². The van der Waals surface area contributed by atoms with Gasteiger partial charge in [0, 0.05) is 16.1 Å². The molecular formula is C38H24ClN3. The molecule has 1 aliphatic rings. The van der Waals surface area contributed by atoms with Gasteiger partial charge in [-0.2, -0.15) is 0 Å². The third-order valence-corrected chi connectivity index (χ3v) is 8.45. The number of hydrogen-bond acceptors (Lipinski definition) is 3. The normalized spacial score (nSPS) is 15.4. The van der Waals surface area contributed by atoms with Crippen LogP contribution in [-0.2, 0) is 5.41 Å². The second kappa shape index (κ2) is 9.76. The molecule has 0 N–H and O–H groups in total. The maximum atomic E-state index is 6.57. The second-order valence-electron chi connectivity index (χ2n) is 10.5. The van der Waals surface area contributed by atoms with Crippen LogP contribution in [0.3, 0.4) is 0 Å². The molecule has 1 atom stereocenters. The highest BCUT2D eigenvalue weighted by atomic mass is 35.5. The predicted molar refractivity (Wildman–Crippen MR) is 171 cm³/mol. The fourth-order valence-electron chi connectivity index (χ4n) is 6.42. The van der Waals surface area contributed by atoms with E-state index < -0.39 is 5.41 Å². The van der Waals surface area contributed by atoms with Gasteiger partial charge in [0.05, 0.1) is 16.6 Å². The number of pyridine rings is 1. The Morgan fingerprint density at radius 1 is 0.500 bits per heavy atom. The average molecular weight is 558 g/mol. The fraction of sp³-hybridized carbons (Fsp3) is 0.0263. The molecule has 0 amide bonds. The van der Waals surface area contributed by atoms with E-state index in [9.17, 15) is 0 Å². The molecule has 0 fully saturated rings. The average Bonchev–Trinajstić information content (AvgIpc) is 3.35. The highest BCUT2D eigenvalue weighted by Crippen LogP contribution is 2.56. The Bertz CT molecular complexity index is 2090. The van der Waals surface area contributed by atoms with Crippen LogP contribution in [0.1, 0.15) is 22.4 Å². The minimum atomic E-state index is -0.641. The van der Waals surface area contributed by atoms with Gasteiger partial charge in [-0.25, -0.2) is 15.0 Å². The molecule has 0 radical (unpaired) electrons. The Balaban J connectivity index is 1.47. The van der Waals surface area contributed by atoms with Gasteiger partial charge in [0.1, 0.15) is 11.2 Å². The molecule has 2 heterocycles. The summed E-state index contributed by atoms with van der Waals surface area (Å²) < 4.78 is 0. The maximum absolute atomic E-state index is 6.57. The van der Waals surface area contributed by atoms with E-state index in [0.717, 1.165) is 50.2 Å². The van der Waals surface area contributed by atoms with Crippen molar-refractivity contribution >= 4 is 22.6 Å². The summed E-state index contributed by atoms with van der Waals surface area (Å²) >= 11 is 6.57. The monoisotopic (exact) mass is 557 g/mol. The highest BCUT2D eigenvalue weighted by molar-refractivity contribution is 6.31. The maximum Gasteiger partial charge on any atom is 0.160 e. The Hall–Kier alpha value is -5.12. The molecule has 0 saturated heterocycles. The summed E-state index contributed by atoms with van der Waals surface area (Å²) in [6.07, 6.45) is 0. The molecule has 198 valence electrons. The van der Waals surface area contributed by atoms with E-state index in [2.05, 4.69) is 91.0 Å². The van der Waals surface area contributed by atoms with Crippen LogP contribution in [0.15, 0.2) is 146 Å². The van der Waals surface area contributed by atoms with Crippen molar-refractivity contribution in [2.45, 2.75) is 5.41 Å². The Morgan fingerprint density at radius 3 is 1.90 bits per heavy atom. The van der Waals surface area contributed by atoms with E-state index in [4.69, 9.17) is 26.6 Å². The van der Waals surface area contributed by atoms with E-state index in [1.165, 1.54) is 11.1 Å². The van der Waals surface area contributed by atoms with E-state index in [1.54, 1.807) is 0 Å². The Morgan fingerprint density at radius 2 is 1.14 bits per heavy atom. The molecule has 1 unspecified atom stereocenters. The van der Waals surface area contributed by atoms with Crippen molar-refractivity contribution in [3.05, 3.63) is 173 Å². The lowest BCUT2D eigenvalue weighted by atomic mass is 9.70. The number of hydrogen-bond donors (Lipinski definition) is 0. The molecule has 0 saturated carbocycles. The third kappa shape index (κ3) is 3.71. The van der Waals surface area contributed by atoms with Gasteiger partial charge in [-0.3, -0.25) is 0 Å². The van der Waals surface area contributed by atoms with Crippen LogP contribution in [0.2, 0.25) is 5.02 Å². The molecule has 3 nitrogen and oxygen atoms in total. The zero-order chi connectivity index (χ0) is 28.1. The van der Waals surface area contributed by atoms with Crippen LogP contribution in [-0.4, -0.2) is 15.0 Å². The number of aromatic nitrogens is 3. The van der Waals surface area contributed by atoms with Gasteiger partial charge in [0.25, 0.3) is 0 Å². The standard InChI is InChI=1S/C38H24ClN3/c39-28-20-21-32-30(24-28)29-18-10-11-19-31(29)38(32,27-16-8-3-9-17-27)34-23-22-33-36(41-34)35(25-12-4-1-5-13-25)42-37(40-33)26-14-6-2-7-15-26/h1-24H. The van der Waals surface area contributed by atoms with E-state index in [-0.39, 0.29) is 0 Å². The SMILES string of the molecule is Clc1ccc2c(c1)-c1ccccc1C2(c1ccccc1)c1ccc2nc(-c3ccccc3)nc(-c3ccccc3)c2n1. The lowest BCUT2D eigenvalue weighted by molar-refractivity contribution is 0.739. The van der Waals surface area contributed by atoms with Crippen molar-refractivity contribution in [3.63, 3.8) is 0 Å². The largest absolute Gasteiger partial charge is 0.247 e. The quantitative estimate of drug-likeness (QED) is 0.216. The van der Waals surface area contributed by atoms with Gasteiger partial charge in [0.15, 0.2) is 5.82 Å². The second-order valence-corrected chi connectivity index (χ2v) is 11.0. The number of benzene rings is 5. The minimum absolute atomic E-state index is 0.641. The molecule has 5 aromatic carbocycles. The van der Waals surface area contributed by atoms with Crippen LogP contribution in [0, 0.1) is 0 Å². The molecular weight excluding hydrogens is 534 g/mol. The first kappa shape index (κ1) is 24.7. The van der Waals surface area contributed by atoms with Crippen LogP contribution >= 0.6 is 11.6 Å². The van der Waals surface area contributed by atoms with Gasteiger partial charge >= 0.3 is 0 Å². The van der Waals surface area contributed by atoms with Gasteiger partial charge in [-0.05, 0) is 52.1 Å². The first-order valence-corrected chi connectivity index (χ1v) is 14.4. The van der Waals surface area contributed by atoms with Crippen molar-refractivity contribution in [3.8, 4) is 33.8 Å². The summed E-state index contributed by atoms with van der Waals surface area (Å²) in [6, 6.07) is 50.0. The molecule has 42 heavy (non-hydrogen) atoms. The summed E-state index contributed by atoms with van der Waals surface area (Å²) in [5.74, 6) is 0.681. The van der Waals surface area contributed by atoms with E-state index in [1.807, 2.05) is 54.6 Å². The van der Waals surface area contributed by atoms with Crippen molar-refractivity contribution in [2.75, 3.05) is 0 Å². The molecule has 2 aromatic heterocycles. The topological polar surface area (TPSA) is 38.7 Å². The molecule has 0 spiro atoms. The molecule has 0 aliphatic heterocycles. The predicted octanol–water partition coefficient (Wildman–Crippen LogP) is 9.38. The Labute approximate surface area is 249 Å². The van der Waals surface area contributed by atoms with Crippen molar-refractivity contribution in [1.29, 1.82) is 0 Å². The van der Waals surface area contributed by atoms with Crippen molar-refractivity contribution in [1.82, 2.24) is 15.0 Å². The zero-order valence-electron chi connectivity index (χ0n) is 22.6. The molecule has 0 bridgehead atoms. The smallest absolute Gasteiger partial charge is 0.160 e. The summed E-state index contributed by atoms with van der Waals surface area (Å²) in [5, 5.41) is 0.715. The van der Waals surface area contributed by atoms with Crippen LogP contribution in [0.5, 0.6) is 0 Å². The number of rotatable bonds is 4. The summed E-state index contributed by atoms with van der Waals surface area (Å²) in [4.78, 5) is 15.6. The van der Waals surface area contributed by atoms with Gasteiger partial charge in [0.2, 0.25) is 0 Å². The molecule has 4 heteroatoms. The van der Waals surface area contributed by atoms with Crippen LogP contribution in [0.25, 0.3) is 44.8 Å². The minimum Gasteiger partial charge on any atom is -0.247 e. The molecule has 8 rings (SSSR count). The first-order valence-electron chi connectivity index (χ1n) is 14.0. The van der Waals surface area contributed by atoms with Crippen molar-refractivity contribution < 1.29 is 0 Å². The number of halogens is 1. The van der Waals surface area contributed by atoms with Gasteiger partial charge < -0.3 is 0 Å². The summed E-state index contributed by atoms with van der Waals surface area (Å²) in [7, 11) is 0. The van der Waals surface area contributed by atoms with Gasteiger partial charge in [-0.1, -0.05) is 133 Å². The van der Waals surface area contributed by atoms with Crippen LogP contribution in [0.4, 0.5) is 0 Å². The lowest BCUT2D eigenvalue weighted by Gasteiger charge is -2.33. The number of fused-ring (bicyclic) bond motifs is 4. The Kier molecular flexibility index (Phi) is 5.73. The highest BCUT2D eigenvalue weighted by Gasteiger charge is 2.47. The third-order valence-electron chi connectivity index (χ3n) is 8.22. The van der Waals surface area contributed by atoms with Crippen molar-refractivity contribution in [2.24, 2.45) is 0 Å². The van der Waals surface area contributed by atoms with Crippen LogP contribution < -0.4 is 0 Å². The fourth-order valence-corrected chi connectivity index (χ4v) is 6.59. The molecule has 7 aromatic rings. The summed E-state index contributed by atoms with van der Waals surface area (Å²) in [6.45, 7) is 0. The first-order chi connectivity index (χ1) is 20.7. The van der Waals surface area contributed by atoms with Gasteiger partial charge in [-0.15, -0.1) is 0 Å². The number of nitrogens with zero attached hydrogens (tertiary/aromatic N) is 3.